The molecule has 0 aliphatic rings. The first kappa shape index (κ1) is 15.8. The van der Waals surface area contributed by atoms with Gasteiger partial charge in [0.05, 0.1) is 6.61 Å². The zero-order chi connectivity index (χ0) is 12.8. The Morgan fingerprint density at radius 3 is 2.71 bits per heavy atom. The lowest BCUT2D eigenvalue weighted by atomic mass is 10.1. The van der Waals surface area contributed by atoms with E-state index >= 15 is 0 Å². The number of allylic oxidation sites excluding steroid dienone is 2. The van der Waals surface area contributed by atoms with Crippen molar-refractivity contribution in [1.82, 2.24) is 0 Å². The predicted molar refractivity (Wildman–Crippen MR) is 71.5 cm³/mol. The van der Waals surface area contributed by atoms with Gasteiger partial charge in [0.2, 0.25) is 0 Å². The van der Waals surface area contributed by atoms with Crippen molar-refractivity contribution in [3.05, 3.63) is 12.2 Å². The van der Waals surface area contributed by atoms with E-state index < -0.39 is 0 Å². The van der Waals surface area contributed by atoms with Gasteiger partial charge in [0, 0.05) is 13.3 Å². The van der Waals surface area contributed by atoms with E-state index in [2.05, 4.69) is 24.8 Å². The fourth-order valence-corrected chi connectivity index (χ4v) is 1.32. The number of rotatable bonds is 8. The lowest BCUT2D eigenvalue weighted by Crippen LogP contribution is -1.99. The molecule has 0 atom stereocenters. The van der Waals surface area contributed by atoms with Gasteiger partial charge in [-0.1, -0.05) is 44.1 Å². The Balaban J connectivity index is 3.20. The smallest absolute Gasteiger partial charge is 0.302 e. The van der Waals surface area contributed by atoms with Crippen LogP contribution in [0.1, 0.15) is 58.8 Å². The second-order valence-corrected chi connectivity index (χ2v) is 4.02. The summed E-state index contributed by atoms with van der Waals surface area (Å²) in [6, 6.07) is 0. The Labute approximate surface area is 105 Å². The van der Waals surface area contributed by atoms with Gasteiger partial charge in [-0.15, -0.1) is 0 Å². The van der Waals surface area contributed by atoms with Gasteiger partial charge in [0.25, 0.3) is 0 Å². The van der Waals surface area contributed by atoms with E-state index in [-0.39, 0.29) is 5.97 Å². The molecule has 2 nitrogen and oxygen atoms in total. The zero-order valence-corrected chi connectivity index (χ0v) is 11.1. The molecule has 0 aromatic carbocycles. The molecule has 0 heterocycles. The van der Waals surface area contributed by atoms with Crippen molar-refractivity contribution < 1.29 is 9.53 Å². The highest BCUT2D eigenvalue weighted by Gasteiger charge is 1.92. The third kappa shape index (κ3) is 14.8. The Morgan fingerprint density at radius 2 is 2.00 bits per heavy atom. The maximum atomic E-state index is 10.5. The van der Waals surface area contributed by atoms with E-state index in [0.717, 1.165) is 38.5 Å². The number of esters is 1. The standard InChI is InChI=1S/C15H24O2/c1-3-4-5-6-7-8-9-10-11-12-13-14-17-15(2)16/h5-6H,3-4,9-14H2,1-2H3/b6-5-. The van der Waals surface area contributed by atoms with Crippen LogP contribution in [0.2, 0.25) is 0 Å². The van der Waals surface area contributed by atoms with Crippen molar-refractivity contribution in [2.24, 2.45) is 0 Å². The van der Waals surface area contributed by atoms with Crippen molar-refractivity contribution in [2.45, 2.75) is 58.8 Å². The molecule has 0 aromatic heterocycles. The summed E-state index contributed by atoms with van der Waals surface area (Å²) < 4.78 is 4.85. The van der Waals surface area contributed by atoms with E-state index in [1.54, 1.807) is 0 Å². The molecule has 0 rings (SSSR count). The maximum Gasteiger partial charge on any atom is 0.302 e. The van der Waals surface area contributed by atoms with Crippen LogP contribution >= 0.6 is 0 Å². The van der Waals surface area contributed by atoms with Crippen LogP contribution in [-0.4, -0.2) is 12.6 Å². The van der Waals surface area contributed by atoms with Crippen molar-refractivity contribution >= 4 is 5.97 Å². The molecule has 17 heavy (non-hydrogen) atoms. The lowest BCUT2D eigenvalue weighted by Gasteiger charge is -2.00. The summed E-state index contributed by atoms with van der Waals surface area (Å²) in [5, 5.41) is 0. The Bertz CT molecular complexity index is 268. The molecular formula is C15H24O2. The van der Waals surface area contributed by atoms with Gasteiger partial charge < -0.3 is 4.74 Å². The van der Waals surface area contributed by atoms with Crippen LogP contribution in [0, 0.1) is 11.8 Å². The topological polar surface area (TPSA) is 26.3 Å². The molecule has 96 valence electrons. The minimum Gasteiger partial charge on any atom is -0.466 e. The minimum atomic E-state index is -0.185. The van der Waals surface area contributed by atoms with Crippen molar-refractivity contribution in [3.63, 3.8) is 0 Å². The van der Waals surface area contributed by atoms with Gasteiger partial charge in [0.1, 0.15) is 0 Å². The van der Waals surface area contributed by atoms with E-state index in [4.69, 9.17) is 4.74 Å². The number of hydrogen-bond donors (Lipinski definition) is 0. The van der Waals surface area contributed by atoms with Crippen LogP contribution in [0.3, 0.4) is 0 Å². The van der Waals surface area contributed by atoms with Gasteiger partial charge in [0.15, 0.2) is 0 Å². The van der Waals surface area contributed by atoms with E-state index in [1.165, 1.54) is 13.3 Å². The van der Waals surface area contributed by atoms with Crippen LogP contribution < -0.4 is 0 Å². The Kier molecular flexibility index (Phi) is 11.9. The second kappa shape index (κ2) is 12.8. The molecule has 0 aliphatic heterocycles. The number of ether oxygens (including phenoxy) is 1. The summed E-state index contributed by atoms with van der Waals surface area (Å²) in [5.74, 6) is 5.98. The van der Waals surface area contributed by atoms with Crippen LogP contribution in [-0.2, 0) is 9.53 Å². The molecule has 0 saturated heterocycles. The quantitative estimate of drug-likeness (QED) is 0.363. The van der Waals surface area contributed by atoms with Crippen LogP contribution in [0.5, 0.6) is 0 Å². The molecule has 0 radical (unpaired) electrons. The van der Waals surface area contributed by atoms with Gasteiger partial charge in [-0.25, -0.2) is 0 Å². The highest BCUT2D eigenvalue weighted by molar-refractivity contribution is 5.65. The van der Waals surface area contributed by atoms with Crippen molar-refractivity contribution in [2.75, 3.05) is 6.61 Å². The first-order chi connectivity index (χ1) is 8.27. The van der Waals surface area contributed by atoms with Crippen LogP contribution in [0.25, 0.3) is 0 Å². The first-order valence-electron chi connectivity index (χ1n) is 6.54. The number of hydrogen-bond acceptors (Lipinski definition) is 2. The molecule has 0 aromatic rings. The third-order valence-corrected chi connectivity index (χ3v) is 2.26. The highest BCUT2D eigenvalue weighted by atomic mass is 16.5. The second-order valence-electron chi connectivity index (χ2n) is 4.02. The molecule has 0 spiro atoms. The molecule has 0 unspecified atom stereocenters. The molecule has 0 N–H and O–H groups in total. The summed E-state index contributed by atoms with van der Waals surface area (Å²) in [5.41, 5.74) is 0. The van der Waals surface area contributed by atoms with E-state index in [9.17, 15) is 4.79 Å². The van der Waals surface area contributed by atoms with Crippen LogP contribution in [0.15, 0.2) is 12.2 Å². The lowest BCUT2D eigenvalue weighted by molar-refractivity contribution is -0.141. The summed E-state index contributed by atoms with van der Waals surface area (Å²) >= 11 is 0. The fraction of sp³-hybridized carbons (Fsp3) is 0.667. The molecular weight excluding hydrogens is 212 g/mol. The summed E-state index contributed by atoms with van der Waals surface area (Å²) in [4.78, 5) is 10.5. The maximum absolute atomic E-state index is 10.5. The Hall–Kier alpha value is -1.23. The first-order valence-corrected chi connectivity index (χ1v) is 6.54. The fourth-order valence-electron chi connectivity index (χ4n) is 1.32. The van der Waals surface area contributed by atoms with E-state index in [1.807, 2.05) is 6.08 Å². The largest absolute Gasteiger partial charge is 0.466 e. The average molecular weight is 236 g/mol. The summed E-state index contributed by atoms with van der Waals surface area (Å²) in [6.45, 7) is 4.16. The van der Waals surface area contributed by atoms with Gasteiger partial charge in [-0.3, -0.25) is 4.79 Å². The Morgan fingerprint density at radius 1 is 1.24 bits per heavy atom. The third-order valence-electron chi connectivity index (χ3n) is 2.26. The zero-order valence-electron chi connectivity index (χ0n) is 11.1. The number of carbonyl (C=O) groups is 1. The van der Waals surface area contributed by atoms with Crippen molar-refractivity contribution in [3.8, 4) is 11.8 Å². The summed E-state index contributed by atoms with van der Waals surface area (Å²) in [7, 11) is 0. The predicted octanol–water partition coefficient (Wildman–Crippen LogP) is 3.86. The van der Waals surface area contributed by atoms with Gasteiger partial charge >= 0.3 is 5.97 Å². The number of carbonyl (C=O) groups excluding carboxylic acids is 1. The van der Waals surface area contributed by atoms with E-state index in [0.29, 0.717) is 6.61 Å². The molecule has 2 heteroatoms. The molecule has 0 aliphatic carbocycles. The number of unbranched alkanes of at least 4 members (excludes halogenated alkanes) is 5. The normalized spacial score (nSPS) is 10.0. The van der Waals surface area contributed by atoms with Gasteiger partial charge in [-0.05, 0) is 25.3 Å². The van der Waals surface area contributed by atoms with Crippen LogP contribution in [0.4, 0.5) is 0 Å². The SMILES string of the molecule is CCC/C=C\C#CCCCCCCOC(C)=O. The average Bonchev–Trinajstić information content (AvgIpc) is 2.30. The minimum absolute atomic E-state index is 0.185. The van der Waals surface area contributed by atoms with Gasteiger partial charge in [-0.2, -0.15) is 0 Å². The van der Waals surface area contributed by atoms with Crippen molar-refractivity contribution in [1.29, 1.82) is 0 Å². The highest BCUT2D eigenvalue weighted by Crippen LogP contribution is 2.02. The molecule has 0 fully saturated rings. The molecule has 0 bridgehead atoms. The monoisotopic (exact) mass is 236 g/mol. The molecule has 0 saturated carbocycles. The molecule has 0 amide bonds. The summed E-state index contributed by atoms with van der Waals surface area (Å²) in [6.07, 6.45) is 11.7.